The van der Waals surface area contributed by atoms with Gasteiger partial charge in [0.15, 0.2) is 5.84 Å². The Bertz CT molecular complexity index is 480. The minimum atomic E-state index is 0.0195. The van der Waals surface area contributed by atoms with Crippen LogP contribution in [0.2, 0.25) is 0 Å². The Balaban J connectivity index is 2.24. The summed E-state index contributed by atoms with van der Waals surface area (Å²) < 4.78 is 0. The Morgan fingerprint density at radius 3 is 2.55 bits per heavy atom. The van der Waals surface area contributed by atoms with E-state index in [2.05, 4.69) is 20.0 Å². The number of hydrogen-bond acceptors (Lipinski definition) is 5. The lowest BCUT2D eigenvalue weighted by atomic mass is 10.1. The predicted octanol–water partition coefficient (Wildman–Crippen LogP) is 2.04. The smallest absolute Gasteiger partial charge is 0.226 e. The molecule has 1 saturated carbocycles. The summed E-state index contributed by atoms with van der Waals surface area (Å²) in [5.41, 5.74) is 6.91. The molecule has 0 amide bonds. The lowest BCUT2D eigenvalue weighted by molar-refractivity contribution is 0.318. The zero-order valence-electron chi connectivity index (χ0n) is 12.2. The molecule has 0 saturated heterocycles. The van der Waals surface area contributed by atoms with Crippen LogP contribution < -0.4 is 10.6 Å². The number of rotatable bonds is 3. The van der Waals surface area contributed by atoms with Crippen LogP contribution >= 0.6 is 0 Å². The molecule has 6 nitrogen and oxygen atoms in total. The van der Waals surface area contributed by atoms with Crippen LogP contribution in [0.3, 0.4) is 0 Å². The molecule has 0 spiro atoms. The maximum Gasteiger partial charge on any atom is 0.226 e. The number of hydrogen-bond donors (Lipinski definition) is 2. The first-order valence-corrected chi connectivity index (χ1v) is 7.18. The Morgan fingerprint density at radius 1 is 1.30 bits per heavy atom. The highest BCUT2D eigenvalue weighted by Crippen LogP contribution is 2.23. The second-order valence-electron chi connectivity index (χ2n) is 5.44. The normalized spacial score (nSPS) is 17.8. The van der Waals surface area contributed by atoms with Crippen molar-refractivity contribution >= 4 is 11.8 Å². The van der Waals surface area contributed by atoms with Crippen LogP contribution in [0.4, 0.5) is 5.95 Å². The molecule has 2 rings (SSSR count). The summed E-state index contributed by atoms with van der Waals surface area (Å²) in [4.78, 5) is 11.0. The van der Waals surface area contributed by atoms with E-state index in [0.717, 1.165) is 5.69 Å². The van der Waals surface area contributed by atoms with Crippen LogP contribution in [-0.2, 0) is 0 Å². The average molecular weight is 277 g/mol. The molecule has 0 radical (unpaired) electrons. The maximum atomic E-state index is 8.78. The van der Waals surface area contributed by atoms with Gasteiger partial charge in [-0.15, -0.1) is 0 Å². The Hall–Kier alpha value is -1.85. The van der Waals surface area contributed by atoms with Gasteiger partial charge in [0.25, 0.3) is 0 Å². The molecule has 3 N–H and O–H groups in total. The van der Waals surface area contributed by atoms with Gasteiger partial charge in [-0.3, -0.25) is 0 Å². The fourth-order valence-electron chi connectivity index (χ4n) is 2.70. The van der Waals surface area contributed by atoms with Crippen molar-refractivity contribution in [3.63, 3.8) is 0 Å². The van der Waals surface area contributed by atoms with Crippen molar-refractivity contribution in [1.29, 1.82) is 0 Å². The molecule has 1 aliphatic rings. The number of amidine groups is 1. The van der Waals surface area contributed by atoms with Crippen LogP contribution in [0.5, 0.6) is 0 Å². The van der Waals surface area contributed by atoms with E-state index in [-0.39, 0.29) is 5.84 Å². The molecule has 1 aromatic heterocycles. The van der Waals surface area contributed by atoms with Crippen molar-refractivity contribution in [2.24, 2.45) is 10.9 Å². The lowest BCUT2D eigenvalue weighted by Crippen LogP contribution is -2.33. The van der Waals surface area contributed by atoms with Gasteiger partial charge < -0.3 is 15.8 Å². The molecule has 0 aliphatic heterocycles. The summed E-state index contributed by atoms with van der Waals surface area (Å²) in [6.07, 6.45) is 7.49. The summed E-state index contributed by atoms with van der Waals surface area (Å²) in [6, 6.07) is 2.19. The van der Waals surface area contributed by atoms with Crippen molar-refractivity contribution in [3.05, 3.63) is 17.5 Å². The third-order valence-corrected chi connectivity index (χ3v) is 3.90. The molecule has 0 bridgehead atoms. The standard InChI is InChI=1S/C14H23N5O/c1-10-9-12(13(15)18-20)17-14(16-10)19(2)11-7-5-3-4-6-8-11/h9,11,20H,3-8H2,1-2H3,(H2,15,18). The largest absolute Gasteiger partial charge is 0.409 e. The molecule has 0 aromatic carbocycles. The van der Waals surface area contributed by atoms with E-state index in [1.165, 1.54) is 38.5 Å². The summed E-state index contributed by atoms with van der Waals surface area (Å²) >= 11 is 0. The van der Waals surface area contributed by atoms with Crippen molar-refractivity contribution in [3.8, 4) is 0 Å². The lowest BCUT2D eigenvalue weighted by Gasteiger charge is -2.27. The molecule has 0 unspecified atom stereocenters. The van der Waals surface area contributed by atoms with Gasteiger partial charge >= 0.3 is 0 Å². The van der Waals surface area contributed by atoms with Crippen molar-refractivity contribution in [1.82, 2.24) is 9.97 Å². The fraction of sp³-hybridized carbons (Fsp3) is 0.643. The number of nitrogens with zero attached hydrogens (tertiary/aromatic N) is 4. The molecule has 6 heteroatoms. The van der Waals surface area contributed by atoms with Gasteiger partial charge in [-0.05, 0) is 25.8 Å². The number of anilines is 1. The zero-order chi connectivity index (χ0) is 14.5. The van der Waals surface area contributed by atoms with Gasteiger partial charge in [-0.1, -0.05) is 30.8 Å². The monoisotopic (exact) mass is 277 g/mol. The second-order valence-corrected chi connectivity index (χ2v) is 5.44. The Labute approximate surface area is 119 Å². The first kappa shape index (κ1) is 14.6. The summed E-state index contributed by atoms with van der Waals surface area (Å²) in [5, 5.41) is 11.8. The van der Waals surface area contributed by atoms with Gasteiger partial charge in [-0.2, -0.15) is 0 Å². The average Bonchev–Trinajstić information content (AvgIpc) is 2.74. The van der Waals surface area contributed by atoms with E-state index >= 15 is 0 Å². The van der Waals surface area contributed by atoms with E-state index < -0.39 is 0 Å². The first-order valence-electron chi connectivity index (χ1n) is 7.18. The van der Waals surface area contributed by atoms with Crippen molar-refractivity contribution < 1.29 is 5.21 Å². The molecule has 1 fully saturated rings. The van der Waals surface area contributed by atoms with Crippen LogP contribution in [-0.4, -0.2) is 34.1 Å². The fourth-order valence-corrected chi connectivity index (χ4v) is 2.70. The van der Waals surface area contributed by atoms with Crippen LogP contribution in [0.25, 0.3) is 0 Å². The van der Waals surface area contributed by atoms with Crippen LogP contribution in [0.15, 0.2) is 11.2 Å². The zero-order valence-corrected chi connectivity index (χ0v) is 12.2. The number of nitrogens with two attached hydrogens (primary N) is 1. The number of oxime groups is 1. The minimum absolute atomic E-state index is 0.0195. The van der Waals surface area contributed by atoms with E-state index in [9.17, 15) is 0 Å². The topological polar surface area (TPSA) is 87.6 Å². The van der Waals surface area contributed by atoms with Gasteiger partial charge in [0.2, 0.25) is 5.95 Å². The molecule has 20 heavy (non-hydrogen) atoms. The van der Waals surface area contributed by atoms with Gasteiger partial charge in [0.1, 0.15) is 5.69 Å². The minimum Gasteiger partial charge on any atom is -0.409 e. The van der Waals surface area contributed by atoms with Gasteiger partial charge in [0, 0.05) is 18.8 Å². The quantitative estimate of drug-likeness (QED) is 0.290. The molecular formula is C14H23N5O. The highest BCUT2D eigenvalue weighted by Gasteiger charge is 2.20. The second kappa shape index (κ2) is 6.54. The van der Waals surface area contributed by atoms with Gasteiger partial charge in [-0.25, -0.2) is 9.97 Å². The molecule has 1 aliphatic carbocycles. The van der Waals surface area contributed by atoms with Crippen LogP contribution in [0, 0.1) is 6.92 Å². The number of aromatic nitrogens is 2. The highest BCUT2D eigenvalue weighted by atomic mass is 16.4. The summed E-state index contributed by atoms with van der Waals surface area (Å²) in [5.74, 6) is 0.671. The Morgan fingerprint density at radius 2 is 1.95 bits per heavy atom. The first-order chi connectivity index (χ1) is 9.61. The van der Waals surface area contributed by atoms with Crippen molar-refractivity contribution in [2.75, 3.05) is 11.9 Å². The molecular weight excluding hydrogens is 254 g/mol. The third kappa shape index (κ3) is 3.37. The molecule has 0 atom stereocenters. The molecule has 110 valence electrons. The van der Waals surface area contributed by atoms with Gasteiger partial charge in [0.05, 0.1) is 0 Å². The van der Waals surface area contributed by atoms with Crippen molar-refractivity contribution in [2.45, 2.75) is 51.5 Å². The van der Waals surface area contributed by atoms with E-state index in [0.29, 0.717) is 17.7 Å². The molecule has 1 aromatic rings. The van der Waals surface area contributed by atoms with E-state index in [1.807, 2.05) is 14.0 Å². The summed E-state index contributed by atoms with van der Waals surface area (Å²) in [6.45, 7) is 1.89. The van der Waals surface area contributed by atoms with E-state index in [1.54, 1.807) is 6.07 Å². The third-order valence-electron chi connectivity index (χ3n) is 3.90. The van der Waals surface area contributed by atoms with E-state index in [4.69, 9.17) is 10.9 Å². The SMILES string of the molecule is Cc1cc(/C(N)=N/O)nc(N(C)C2CCCCCC2)n1. The summed E-state index contributed by atoms with van der Waals surface area (Å²) in [7, 11) is 2.03. The molecule has 1 heterocycles. The highest BCUT2D eigenvalue weighted by molar-refractivity contribution is 5.95. The Kier molecular flexibility index (Phi) is 4.76. The van der Waals surface area contributed by atoms with Crippen LogP contribution in [0.1, 0.15) is 49.9 Å². The maximum absolute atomic E-state index is 8.78. The number of aryl methyl sites for hydroxylation is 1. The predicted molar refractivity (Wildman–Crippen MR) is 79.2 cm³/mol.